The van der Waals surface area contributed by atoms with Crippen LogP contribution in [0, 0.1) is 18.3 Å². The lowest BCUT2D eigenvalue weighted by Crippen LogP contribution is -2.22. The first kappa shape index (κ1) is 15.8. The molecule has 11 nitrogen and oxygen atoms in total. The van der Waals surface area contributed by atoms with Crippen LogP contribution >= 0.6 is 0 Å². The molecule has 2 heterocycles. The number of rotatable bonds is 4. The summed E-state index contributed by atoms with van der Waals surface area (Å²) in [6.07, 6.45) is 1.44. The fraction of sp³-hybridized carbons (Fsp3) is 0.0714. The number of nitrogens with zero attached hydrogens (tertiary/aromatic N) is 7. The Bertz CT molecular complexity index is 979. The molecule has 0 unspecified atom stereocenters. The van der Waals surface area contributed by atoms with E-state index in [-0.39, 0.29) is 17.3 Å². The number of nitrogens with one attached hydrogen (secondary N) is 1. The summed E-state index contributed by atoms with van der Waals surface area (Å²) in [5, 5.41) is 27.3. The molecule has 11 heteroatoms. The van der Waals surface area contributed by atoms with Crippen LogP contribution in [0.5, 0.6) is 0 Å². The zero-order chi connectivity index (χ0) is 17.8. The van der Waals surface area contributed by atoms with E-state index in [1.54, 1.807) is 31.2 Å². The van der Waals surface area contributed by atoms with Crippen LogP contribution in [0.1, 0.15) is 27.3 Å². The molecule has 3 N–H and O–H groups in total. The first-order valence-corrected chi connectivity index (χ1v) is 6.94. The maximum atomic E-state index is 12.4. The SMILES string of the molecule is Cc1nnn(-c2nonc2N)c1C(=O)N/N=C\c1ccc(C#N)cc1. The van der Waals surface area contributed by atoms with Gasteiger partial charge in [0.1, 0.15) is 0 Å². The van der Waals surface area contributed by atoms with Crippen molar-refractivity contribution in [2.45, 2.75) is 6.92 Å². The van der Waals surface area contributed by atoms with Crippen LogP contribution in [0.3, 0.4) is 0 Å². The summed E-state index contributed by atoms with van der Waals surface area (Å²) in [6.45, 7) is 1.60. The monoisotopic (exact) mass is 337 g/mol. The van der Waals surface area contributed by atoms with Crippen molar-refractivity contribution in [2.24, 2.45) is 5.10 Å². The molecule has 0 bridgehead atoms. The first-order valence-electron chi connectivity index (χ1n) is 6.94. The third kappa shape index (κ3) is 3.17. The van der Waals surface area contributed by atoms with Crippen LogP contribution in [0.25, 0.3) is 5.82 Å². The van der Waals surface area contributed by atoms with Crippen LogP contribution in [0.15, 0.2) is 34.0 Å². The summed E-state index contributed by atoms with van der Waals surface area (Å²) < 4.78 is 5.62. The maximum absolute atomic E-state index is 12.4. The average Bonchev–Trinajstić information content (AvgIpc) is 3.20. The van der Waals surface area contributed by atoms with Crippen LogP contribution < -0.4 is 11.2 Å². The van der Waals surface area contributed by atoms with Gasteiger partial charge in [0.25, 0.3) is 5.91 Å². The van der Waals surface area contributed by atoms with Crippen molar-refractivity contribution in [1.82, 2.24) is 30.7 Å². The molecular formula is C14H11N9O2. The van der Waals surface area contributed by atoms with Crippen LogP contribution in [-0.2, 0) is 0 Å². The van der Waals surface area contributed by atoms with Crippen molar-refractivity contribution in [3.63, 3.8) is 0 Å². The zero-order valence-corrected chi connectivity index (χ0v) is 12.9. The van der Waals surface area contributed by atoms with Crippen LogP contribution in [0.4, 0.5) is 5.82 Å². The summed E-state index contributed by atoms with van der Waals surface area (Å²) in [5.74, 6) is -0.531. The summed E-state index contributed by atoms with van der Waals surface area (Å²) in [7, 11) is 0. The molecule has 0 fully saturated rings. The second kappa shape index (κ2) is 6.59. The number of aryl methyl sites for hydroxylation is 1. The first-order chi connectivity index (χ1) is 12.1. The number of nitriles is 1. The Balaban J connectivity index is 1.78. The maximum Gasteiger partial charge on any atom is 0.292 e. The van der Waals surface area contributed by atoms with Gasteiger partial charge in [-0.05, 0) is 34.9 Å². The number of nitrogens with two attached hydrogens (primary N) is 1. The minimum Gasteiger partial charge on any atom is -0.378 e. The highest BCUT2D eigenvalue weighted by molar-refractivity contribution is 5.94. The zero-order valence-electron chi connectivity index (χ0n) is 12.9. The van der Waals surface area contributed by atoms with Gasteiger partial charge in [0, 0.05) is 0 Å². The topological polar surface area (TPSA) is 161 Å². The predicted octanol–water partition coefficient (Wildman–Crippen LogP) is 0.177. The Morgan fingerprint density at radius 1 is 1.40 bits per heavy atom. The number of hydrogen-bond acceptors (Lipinski definition) is 9. The summed E-state index contributed by atoms with van der Waals surface area (Å²) in [5.41, 5.74) is 9.68. The third-order valence-corrected chi connectivity index (χ3v) is 3.17. The van der Waals surface area contributed by atoms with Gasteiger partial charge in [-0.3, -0.25) is 4.79 Å². The van der Waals surface area contributed by atoms with E-state index in [9.17, 15) is 4.79 Å². The number of hydrogen-bond donors (Lipinski definition) is 2. The Morgan fingerprint density at radius 3 is 2.80 bits per heavy atom. The lowest BCUT2D eigenvalue weighted by Gasteiger charge is -2.02. The van der Waals surface area contributed by atoms with E-state index in [1.165, 1.54) is 6.21 Å². The van der Waals surface area contributed by atoms with E-state index in [1.807, 2.05) is 6.07 Å². The highest BCUT2D eigenvalue weighted by Gasteiger charge is 2.22. The van der Waals surface area contributed by atoms with Gasteiger partial charge in [0.15, 0.2) is 5.69 Å². The molecule has 3 aromatic rings. The molecule has 0 spiro atoms. The number of aromatic nitrogens is 5. The highest BCUT2D eigenvalue weighted by Crippen LogP contribution is 2.14. The molecule has 0 atom stereocenters. The molecule has 0 aliphatic carbocycles. The second-order valence-corrected chi connectivity index (χ2v) is 4.84. The standard InChI is InChI=1S/C14H11N9O2/c1-8-11(23(22-18-8)13-12(16)20-25-21-13)14(24)19-17-7-10-4-2-9(6-15)3-5-10/h2-5,7H,1H3,(H2,16,20)(H,19,24)/b17-7-. The van der Waals surface area contributed by atoms with Crippen molar-refractivity contribution in [3.8, 4) is 11.9 Å². The van der Waals surface area contributed by atoms with E-state index >= 15 is 0 Å². The van der Waals surface area contributed by atoms with Gasteiger partial charge < -0.3 is 5.73 Å². The van der Waals surface area contributed by atoms with Crippen molar-refractivity contribution in [3.05, 3.63) is 46.8 Å². The number of amides is 1. The number of carbonyl (C=O) groups is 1. The Hall–Kier alpha value is -4.07. The molecular weight excluding hydrogens is 326 g/mol. The molecule has 2 aromatic heterocycles. The molecule has 3 rings (SSSR count). The highest BCUT2D eigenvalue weighted by atomic mass is 16.6. The van der Waals surface area contributed by atoms with Crippen molar-refractivity contribution in [2.75, 3.05) is 5.73 Å². The van der Waals surface area contributed by atoms with Gasteiger partial charge in [0.2, 0.25) is 11.6 Å². The Morgan fingerprint density at radius 2 is 2.16 bits per heavy atom. The van der Waals surface area contributed by atoms with Crippen molar-refractivity contribution in [1.29, 1.82) is 5.26 Å². The fourth-order valence-corrected chi connectivity index (χ4v) is 1.97. The van der Waals surface area contributed by atoms with Crippen LogP contribution in [0.2, 0.25) is 0 Å². The molecule has 1 amide bonds. The lowest BCUT2D eigenvalue weighted by atomic mass is 10.2. The van der Waals surface area contributed by atoms with E-state index in [0.29, 0.717) is 16.8 Å². The predicted molar refractivity (Wildman–Crippen MR) is 84.6 cm³/mol. The molecule has 25 heavy (non-hydrogen) atoms. The third-order valence-electron chi connectivity index (χ3n) is 3.17. The Kier molecular flexibility index (Phi) is 4.17. The minimum absolute atomic E-state index is 0.0277. The summed E-state index contributed by atoms with van der Waals surface area (Å²) >= 11 is 0. The molecule has 124 valence electrons. The van der Waals surface area contributed by atoms with Crippen molar-refractivity contribution < 1.29 is 9.42 Å². The van der Waals surface area contributed by atoms with E-state index in [0.717, 1.165) is 4.68 Å². The second-order valence-electron chi connectivity index (χ2n) is 4.84. The van der Waals surface area contributed by atoms with Gasteiger partial charge in [-0.1, -0.05) is 17.3 Å². The molecule has 0 aliphatic heterocycles. The smallest absolute Gasteiger partial charge is 0.292 e. The van der Waals surface area contributed by atoms with Gasteiger partial charge in [0.05, 0.1) is 23.5 Å². The summed E-state index contributed by atoms with van der Waals surface area (Å²) in [6, 6.07) is 8.71. The van der Waals surface area contributed by atoms with Gasteiger partial charge in [-0.15, -0.1) is 5.10 Å². The van der Waals surface area contributed by atoms with Gasteiger partial charge >= 0.3 is 0 Å². The normalized spacial score (nSPS) is 10.7. The number of anilines is 1. The van der Waals surface area contributed by atoms with Gasteiger partial charge in [-0.2, -0.15) is 15.0 Å². The summed E-state index contributed by atoms with van der Waals surface area (Å²) in [4.78, 5) is 12.4. The molecule has 0 radical (unpaired) electrons. The largest absolute Gasteiger partial charge is 0.378 e. The van der Waals surface area contributed by atoms with Crippen molar-refractivity contribution >= 4 is 17.9 Å². The van der Waals surface area contributed by atoms with Crippen LogP contribution in [-0.4, -0.2) is 37.4 Å². The molecule has 0 saturated heterocycles. The van der Waals surface area contributed by atoms with E-state index in [4.69, 9.17) is 11.0 Å². The quantitative estimate of drug-likeness (QED) is 0.503. The average molecular weight is 337 g/mol. The Labute approximate surface area is 140 Å². The minimum atomic E-state index is -0.560. The molecule has 0 saturated carbocycles. The molecule has 1 aromatic carbocycles. The van der Waals surface area contributed by atoms with Gasteiger partial charge in [-0.25, -0.2) is 10.1 Å². The number of benzene rings is 1. The fourth-order valence-electron chi connectivity index (χ4n) is 1.97. The van der Waals surface area contributed by atoms with E-state index in [2.05, 4.69) is 35.8 Å². The number of carbonyl (C=O) groups excluding carboxylic acids is 1. The number of hydrazone groups is 1. The lowest BCUT2D eigenvalue weighted by molar-refractivity contribution is 0.0946. The number of nitrogen functional groups attached to an aromatic ring is 1. The van der Waals surface area contributed by atoms with E-state index < -0.39 is 5.91 Å². The molecule has 0 aliphatic rings.